The van der Waals surface area contributed by atoms with Crippen LogP contribution in [-0.2, 0) is 4.79 Å². The van der Waals surface area contributed by atoms with Crippen molar-refractivity contribution in [3.63, 3.8) is 0 Å². The van der Waals surface area contributed by atoms with Gasteiger partial charge in [-0.05, 0) is 17.5 Å². The van der Waals surface area contributed by atoms with Crippen LogP contribution in [0.15, 0.2) is 41.8 Å². The number of nitrogens with one attached hydrogen (secondary N) is 1. The summed E-state index contributed by atoms with van der Waals surface area (Å²) in [6, 6.07) is 12.0. The molecule has 0 spiro atoms. The molecule has 0 atom stereocenters. The van der Waals surface area contributed by atoms with Crippen LogP contribution in [0.3, 0.4) is 0 Å². The van der Waals surface area contributed by atoms with Gasteiger partial charge in [0.15, 0.2) is 0 Å². The molecule has 0 aliphatic carbocycles. The minimum Gasteiger partial charge on any atom is -0.325 e. The molecule has 1 aromatic carbocycles. The van der Waals surface area contributed by atoms with Gasteiger partial charge in [0, 0.05) is 21.5 Å². The summed E-state index contributed by atoms with van der Waals surface area (Å²) in [5.41, 5.74) is 1.56. The van der Waals surface area contributed by atoms with Gasteiger partial charge >= 0.3 is 0 Å². The first-order chi connectivity index (χ1) is 8.48. The Kier molecular flexibility index (Phi) is 3.53. The molecular formula is C15H17NOS. The first-order valence-electron chi connectivity index (χ1n) is 5.93. The number of para-hydroxylation sites is 1. The Morgan fingerprint density at radius 2 is 1.83 bits per heavy atom. The Morgan fingerprint density at radius 3 is 2.44 bits per heavy atom. The number of hydrogen-bond donors (Lipinski definition) is 1. The molecule has 2 rings (SSSR count). The zero-order valence-electron chi connectivity index (χ0n) is 10.9. The van der Waals surface area contributed by atoms with Crippen molar-refractivity contribution in [3.05, 3.63) is 41.8 Å². The Morgan fingerprint density at radius 1 is 1.11 bits per heavy atom. The zero-order chi connectivity index (χ0) is 13.2. The van der Waals surface area contributed by atoms with Gasteiger partial charge in [-0.3, -0.25) is 4.79 Å². The van der Waals surface area contributed by atoms with Crippen LogP contribution in [0.25, 0.3) is 10.4 Å². The lowest BCUT2D eigenvalue weighted by molar-refractivity contribution is -0.123. The van der Waals surface area contributed by atoms with Crippen molar-refractivity contribution in [1.82, 2.24) is 0 Å². The van der Waals surface area contributed by atoms with E-state index in [1.54, 1.807) is 11.3 Å². The molecule has 0 radical (unpaired) electrons. The summed E-state index contributed by atoms with van der Waals surface area (Å²) in [7, 11) is 0. The molecule has 2 nitrogen and oxygen atoms in total. The molecule has 94 valence electrons. The van der Waals surface area contributed by atoms with Gasteiger partial charge in [0.2, 0.25) is 5.91 Å². The number of carbonyl (C=O) groups is 1. The van der Waals surface area contributed by atoms with Crippen molar-refractivity contribution in [1.29, 1.82) is 0 Å². The Labute approximate surface area is 112 Å². The molecule has 1 amide bonds. The number of anilines is 1. The van der Waals surface area contributed by atoms with Gasteiger partial charge < -0.3 is 5.32 Å². The van der Waals surface area contributed by atoms with Gasteiger partial charge in [-0.2, -0.15) is 0 Å². The number of hydrogen-bond acceptors (Lipinski definition) is 2. The summed E-state index contributed by atoms with van der Waals surface area (Å²) in [5.74, 6) is 0.0338. The van der Waals surface area contributed by atoms with E-state index in [2.05, 4.69) is 11.4 Å². The Balaban J connectivity index is 2.32. The van der Waals surface area contributed by atoms with Gasteiger partial charge in [0.1, 0.15) is 0 Å². The molecule has 18 heavy (non-hydrogen) atoms. The molecule has 0 bridgehead atoms. The fourth-order valence-corrected chi connectivity index (χ4v) is 2.31. The second-order valence-electron chi connectivity index (χ2n) is 5.23. The summed E-state index contributed by atoms with van der Waals surface area (Å²) >= 11 is 1.67. The van der Waals surface area contributed by atoms with E-state index in [-0.39, 0.29) is 11.3 Å². The second kappa shape index (κ2) is 4.94. The van der Waals surface area contributed by atoms with Gasteiger partial charge in [-0.15, -0.1) is 11.3 Å². The topological polar surface area (TPSA) is 29.1 Å². The molecule has 0 aliphatic rings. The normalized spacial score (nSPS) is 11.3. The molecule has 2 aromatic rings. The number of amides is 1. The molecule has 0 unspecified atom stereocenters. The van der Waals surface area contributed by atoms with Crippen molar-refractivity contribution < 1.29 is 4.79 Å². The summed E-state index contributed by atoms with van der Waals surface area (Å²) in [4.78, 5) is 13.2. The van der Waals surface area contributed by atoms with E-state index < -0.39 is 0 Å². The van der Waals surface area contributed by atoms with Gasteiger partial charge in [-0.25, -0.2) is 0 Å². The maximum atomic E-state index is 12.0. The monoisotopic (exact) mass is 259 g/mol. The number of rotatable bonds is 2. The van der Waals surface area contributed by atoms with E-state index in [1.165, 1.54) is 4.88 Å². The quantitative estimate of drug-likeness (QED) is 0.851. The van der Waals surface area contributed by atoms with Gasteiger partial charge in [0.05, 0.1) is 0 Å². The third-order valence-corrected chi connectivity index (χ3v) is 3.55. The van der Waals surface area contributed by atoms with Crippen LogP contribution in [0.5, 0.6) is 0 Å². The fraction of sp³-hybridized carbons (Fsp3) is 0.267. The molecule has 0 saturated carbocycles. The highest BCUT2D eigenvalue weighted by Crippen LogP contribution is 2.32. The Hall–Kier alpha value is -1.61. The molecule has 1 heterocycles. The van der Waals surface area contributed by atoms with Crippen LogP contribution >= 0.6 is 11.3 Å². The summed E-state index contributed by atoms with van der Waals surface area (Å²) in [6.07, 6.45) is 0. The molecule has 0 fully saturated rings. The van der Waals surface area contributed by atoms with Crippen LogP contribution in [0.1, 0.15) is 20.8 Å². The highest BCUT2D eigenvalue weighted by atomic mass is 32.1. The number of thiophene rings is 1. The standard InChI is InChI=1S/C15H17NOS/c1-15(2,3)14(17)16-12-8-5-4-7-11(12)13-9-6-10-18-13/h4-10H,1-3H3,(H,16,17). The van der Waals surface area contributed by atoms with Gasteiger partial charge in [-0.1, -0.05) is 45.0 Å². The van der Waals surface area contributed by atoms with E-state index in [1.807, 2.05) is 56.5 Å². The summed E-state index contributed by atoms with van der Waals surface area (Å²) in [6.45, 7) is 5.74. The lowest BCUT2D eigenvalue weighted by atomic mass is 9.95. The molecule has 1 N–H and O–H groups in total. The first-order valence-corrected chi connectivity index (χ1v) is 6.81. The second-order valence-corrected chi connectivity index (χ2v) is 6.17. The smallest absolute Gasteiger partial charge is 0.229 e. The maximum absolute atomic E-state index is 12.0. The van der Waals surface area contributed by atoms with Crippen molar-refractivity contribution in [2.75, 3.05) is 5.32 Å². The van der Waals surface area contributed by atoms with Crippen molar-refractivity contribution in [2.24, 2.45) is 5.41 Å². The van der Waals surface area contributed by atoms with E-state index in [9.17, 15) is 4.79 Å². The predicted molar refractivity (Wildman–Crippen MR) is 77.8 cm³/mol. The van der Waals surface area contributed by atoms with E-state index in [4.69, 9.17) is 0 Å². The average Bonchev–Trinajstić information content (AvgIpc) is 2.82. The third-order valence-electron chi connectivity index (χ3n) is 2.64. The highest BCUT2D eigenvalue weighted by molar-refractivity contribution is 7.13. The fourth-order valence-electron chi connectivity index (χ4n) is 1.55. The third kappa shape index (κ3) is 2.79. The highest BCUT2D eigenvalue weighted by Gasteiger charge is 2.22. The van der Waals surface area contributed by atoms with E-state index in [0.29, 0.717) is 0 Å². The van der Waals surface area contributed by atoms with Crippen LogP contribution in [-0.4, -0.2) is 5.91 Å². The minimum absolute atomic E-state index is 0.0338. The lowest BCUT2D eigenvalue weighted by Gasteiger charge is -2.19. The Bertz CT molecular complexity index is 538. The largest absolute Gasteiger partial charge is 0.325 e. The average molecular weight is 259 g/mol. The van der Waals surface area contributed by atoms with Crippen LogP contribution in [0, 0.1) is 5.41 Å². The molecule has 1 aromatic heterocycles. The predicted octanol–water partition coefficient (Wildman–Crippen LogP) is 4.40. The summed E-state index contributed by atoms with van der Waals surface area (Å²) in [5, 5.41) is 5.05. The van der Waals surface area contributed by atoms with Gasteiger partial charge in [0.25, 0.3) is 0 Å². The van der Waals surface area contributed by atoms with E-state index >= 15 is 0 Å². The van der Waals surface area contributed by atoms with E-state index in [0.717, 1.165) is 11.3 Å². The zero-order valence-corrected chi connectivity index (χ0v) is 11.7. The van der Waals surface area contributed by atoms with Crippen LogP contribution in [0.2, 0.25) is 0 Å². The number of carbonyl (C=O) groups excluding carboxylic acids is 1. The minimum atomic E-state index is -0.386. The van der Waals surface area contributed by atoms with Crippen LogP contribution < -0.4 is 5.32 Å². The maximum Gasteiger partial charge on any atom is 0.229 e. The summed E-state index contributed by atoms with van der Waals surface area (Å²) < 4.78 is 0. The first kappa shape index (κ1) is 12.8. The van der Waals surface area contributed by atoms with Crippen molar-refractivity contribution in [3.8, 4) is 10.4 Å². The molecule has 3 heteroatoms. The molecule has 0 saturated heterocycles. The van der Waals surface area contributed by atoms with Crippen molar-refractivity contribution >= 4 is 22.9 Å². The molecule has 0 aliphatic heterocycles. The van der Waals surface area contributed by atoms with Crippen LogP contribution in [0.4, 0.5) is 5.69 Å². The SMILES string of the molecule is CC(C)(C)C(=O)Nc1ccccc1-c1cccs1. The lowest BCUT2D eigenvalue weighted by Crippen LogP contribution is -2.27. The molecular weight excluding hydrogens is 242 g/mol. The van der Waals surface area contributed by atoms with Crippen molar-refractivity contribution in [2.45, 2.75) is 20.8 Å². The number of benzene rings is 1.